The lowest BCUT2D eigenvalue weighted by atomic mass is 9.97. The summed E-state index contributed by atoms with van der Waals surface area (Å²) < 4.78 is 22.0. The third-order valence-corrected chi connectivity index (χ3v) is 5.85. The van der Waals surface area contributed by atoms with E-state index in [4.69, 9.17) is 18.7 Å². The number of methoxy groups -OCH3 is 2. The molecule has 2 heterocycles. The maximum Gasteiger partial charge on any atom is 0.241 e. The van der Waals surface area contributed by atoms with Gasteiger partial charge in [0.05, 0.1) is 38.5 Å². The first-order valence-electron chi connectivity index (χ1n) is 11.8. The van der Waals surface area contributed by atoms with Crippen molar-refractivity contribution in [3.8, 4) is 28.6 Å². The molecule has 3 aromatic rings. The fourth-order valence-corrected chi connectivity index (χ4v) is 4.18. The number of hydrogen-bond acceptors (Lipinski definition) is 8. The highest BCUT2D eigenvalue weighted by Crippen LogP contribution is 2.31. The summed E-state index contributed by atoms with van der Waals surface area (Å²) in [6, 6.07) is 13.0. The van der Waals surface area contributed by atoms with Crippen molar-refractivity contribution in [3.05, 3.63) is 48.4 Å². The van der Waals surface area contributed by atoms with Crippen molar-refractivity contribution in [1.82, 2.24) is 15.0 Å². The Morgan fingerprint density at radius 2 is 1.94 bits per heavy atom. The van der Waals surface area contributed by atoms with Crippen LogP contribution in [0, 0.1) is 5.92 Å². The third-order valence-electron chi connectivity index (χ3n) is 5.85. The molecule has 1 atom stereocenters. The first-order chi connectivity index (χ1) is 17.0. The number of carbonyl (C=O) groups is 1. The molecule has 9 nitrogen and oxygen atoms in total. The lowest BCUT2D eigenvalue weighted by molar-refractivity contribution is -0.121. The van der Waals surface area contributed by atoms with E-state index in [1.165, 1.54) is 0 Å². The molecule has 1 unspecified atom stereocenters. The molecule has 9 heteroatoms. The SMILES string of the molecule is COc1ccc(-c2noc(CN3CCCC(C(=O)Nc4ccccc4OC(C)C)C3)n2)cc1OC. The summed E-state index contributed by atoms with van der Waals surface area (Å²) in [5.74, 6) is 2.75. The molecule has 1 saturated heterocycles. The molecule has 1 aliphatic heterocycles. The minimum absolute atomic E-state index is 0.00829. The Balaban J connectivity index is 1.38. The Kier molecular flexibility index (Phi) is 7.87. The predicted octanol–water partition coefficient (Wildman–Crippen LogP) is 4.39. The quantitative estimate of drug-likeness (QED) is 0.481. The number of piperidine rings is 1. The Hall–Kier alpha value is -3.59. The van der Waals surface area contributed by atoms with Crippen molar-refractivity contribution in [3.63, 3.8) is 0 Å². The zero-order valence-electron chi connectivity index (χ0n) is 20.6. The van der Waals surface area contributed by atoms with Gasteiger partial charge in [-0.05, 0) is 63.6 Å². The third kappa shape index (κ3) is 6.10. The second kappa shape index (κ2) is 11.2. The molecule has 1 fully saturated rings. The first-order valence-corrected chi connectivity index (χ1v) is 11.8. The number of ether oxygens (including phenoxy) is 3. The van der Waals surface area contributed by atoms with Gasteiger partial charge in [0.2, 0.25) is 17.6 Å². The minimum Gasteiger partial charge on any atom is -0.493 e. The highest BCUT2D eigenvalue weighted by Gasteiger charge is 2.27. The largest absolute Gasteiger partial charge is 0.493 e. The van der Waals surface area contributed by atoms with Crippen molar-refractivity contribution >= 4 is 11.6 Å². The fraction of sp³-hybridized carbons (Fsp3) is 0.423. The molecule has 0 saturated carbocycles. The van der Waals surface area contributed by atoms with Crippen molar-refractivity contribution in [2.24, 2.45) is 5.92 Å². The van der Waals surface area contributed by atoms with Gasteiger partial charge in [0.1, 0.15) is 5.75 Å². The van der Waals surface area contributed by atoms with Crippen molar-refractivity contribution in [2.75, 3.05) is 32.6 Å². The van der Waals surface area contributed by atoms with Crippen LogP contribution in [0.2, 0.25) is 0 Å². The monoisotopic (exact) mass is 480 g/mol. The molecule has 186 valence electrons. The minimum atomic E-state index is -0.135. The van der Waals surface area contributed by atoms with Gasteiger partial charge in [0, 0.05) is 12.1 Å². The lowest BCUT2D eigenvalue weighted by Gasteiger charge is -2.31. The van der Waals surface area contributed by atoms with E-state index < -0.39 is 0 Å². The van der Waals surface area contributed by atoms with Crippen molar-refractivity contribution < 1.29 is 23.5 Å². The number of hydrogen-bond donors (Lipinski definition) is 1. The van der Waals surface area contributed by atoms with Gasteiger partial charge in [-0.15, -0.1) is 0 Å². The molecule has 2 aromatic carbocycles. The predicted molar refractivity (Wildman–Crippen MR) is 132 cm³/mol. The standard InChI is InChI=1S/C26H32N4O5/c1-17(2)34-21-10-6-5-9-20(21)27-26(31)19-8-7-13-30(15-19)16-24-28-25(29-35-24)18-11-12-22(32-3)23(14-18)33-4/h5-6,9-12,14,17,19H,7-8,13,15-16H2,1-4H3,(H,27,31). The second-order valence-electron chi connectivity index (χ2n) is 8.81. The first kappa shape index (κ1) is 24.5. The van der Waals surface area contributed by atoms with Crippen LogP contribution in [0.5, 0.6) is 17.2 Å². The number of nitrogens with zero attached hydrogens (tertiary/aromatic N) is 3. The van der Waals surface area contributed by atoms with E-state index in [1.54, 1.807) is 14.2 Å². The van der Waals surface area contributed by atoms with Gasteiger partial charge in [0.15, 0.2) is 11.5 Å². The number of amides is 1. The van der Waals surface area contributed by atoms with Crippen LogP contribution < -0.4 is 19.5 Å². The summed E-state index contributed by atoms with van der Waals surface area (Å²) >= 11 is 0. The average Bonchev–Trinajstić information content (AvgIpc) is 3.33. The Bertz CT molecular complexity index is 1150. The second-order valence-corrected chi connectivity index (χ2v) is 8.81. The summed E-state index contributed by atoms with van der Waals surface area (Å²) in [6.07, 6.45) is 1.77. The number of aromatic nitrogens is 2. The normalized spacial score (nSPS) is 16.2. The number of nitrogens with one attached hydrogen (secondary N) is 1. The molecule has 1 aliphatic rings. The van der Waals surface area contributed by atoms with Gasteiger partial charge in [-0.3, -0.25) is 9.69 Å². The number of rotatable bonds is 9. The van der Waals surface area contributed by atoms with Crippen LogP contribution in [0.15, 0.2) is 47.0 Å². The summed E-state index contributed by atoms with van der Waals surface area (Å²) in [6.45, 7) is 5.90. The van der Waals surface area contributed by atoms with Gasteiger partial charge in [-0.1, -0.05) is 17.3 Å². The molecule has 0 spiro atoms. The van der Waals surface area contributed by atoms with E-state index in [2.05, 4.69) is 20.4 Å². The van der Waals surface area contributed by atoms with E-state index >= 15 is 0 Å². The van der Waals surface area contributed by atoms with E-state index in [1.807, 2.05) is 56.3 Å². The number of carbonyl (C=O) groups excluding carboxylic acids is 1. The molecule has 1 N–H and O–H groups in total. The van der Waals surface area contributed by atoms with Crippen LogP contribution in [-0.2, 0) is 11.3 Å². The molecule has 1 aromatic heterocycles. The summed E-state index contributed by atoms with van der Waals surface area (Å²) in [5, 5.41) is 7.18. The van der Waals surface area contributed by atoms with Crippen LogP contribution in [0.1, 0.15) is 32.6 Å². The average molecular weight is 481 g/mol. The van der Waals surface area contributed by atoms with Gasteiger partial charge in [-0.25, -0.2) is 0 Å². The van der Waals surface area contributed by atoms with Crippen LogP contribution in [0.4, 0.5) is 5.69 Å². The molecular formula is C26H32N4O5. The molecule has 0 bridgehead atoms. The molecule has 4 rings (SSSR count). The van der Waals surface area contributed by atoms with Crippen molar-refractivity contribution in [2.45, 2.75) is 39.3 Å². The summed E-state index contributed by atoms with van der Waals surface area (Å²) in [7, 11) is 3.18. The summed E-state index contributed by atoms with van der Waals surface area (Å²) in [4.78, 5) is 19.8. The van der Waals surface area contributed by atoms with E-state index in [9.17, 15) is 4.79 Å². The molecule has 0 radical (unpaired) electrons. The highest BCUT2D eigenvalue weighted by molar-refractivity contribution is 5.94. The van der Waals surface area contributed by atoms with Crippen LogP contribution in [-0.4, -0.2) is 54.4 Å². The number of anilines is 1. The molecule has 0 aliphatic carbocycles. The molecule has 35 heavy (non-hydrogen) atoms. The number of benzene rings is 2. The van der Waals surface area contributed by atoms with Crippen LogP contribution in [0.3, 0.4) is 0 Å². The van der Waals surface area contributed by atoms with Gasteiger partial charge in [0.25, 0.3) is 0 Å². The van der Waals surface area contributed by atoms with E-state index in [0.29, 0.717) is 47.7 Å². The number of likely N-dealkylation sites (tertiary alicyclic amines) is 1. The smallest absolute Gasteiger partial charge is 0.241 e. The Morgan fingerprint density at radius 3 is 2.71 bits per heavy atom. The molecule has 1 amide bonds. The van der Waals surface area contributed by atoms with Crippen LogP contribution in [0.25, 0.3) is 11.4 Å². The zero-order chi connectivity index (χ0) is 24.8. The van der Waals surface area contributed by atoms with Crippen LogP contribution >= 0.6 is 0 Å². The topological polar surface area (TPSA) is 99.0 Å². The maximum absolute atomic E-state index is 13.0. The summed E-state index contributed by atoms with van der Waals surface area (Å²) in [5.41, 5.74) is 1.47. The van der Waals surface area contributed by atoms with E-state index in [-0.39, 0.29) is 17.9 Å². The van der Waals surface area contributed by atoms with Gasteiger partial charge < -0.3 is 24.1 Å². The number of para-hydroxylation sites is 2. The Labute approximate surface area is 205 Å². The molecular weight excluding hydrogens is 448 g/mol. The maximum atomic E-state index is 13.0. The van der Waals surface area contributed by atoms with Gasteiger partial charge >= 0.3 is 0 Å². The van der Waals surface area contributed by atoms with Crippen molar-refractivity contribution in [1.29, 1.82) is 0 Å². The van der Waals surface area contributed by atoms with Gasteiger partial charge in [-0.2, -0.15) is 4.98 Å². The Morgan fingerprint density at radius 1 is 1.14 bits per heavy atom. The fourth-order valence-electron chi connectivity index (χ4n) is 4.18. The van der Waals surface area contributed by atoms with E-state index in [0.717, 1.165) is 24.9 Å². The zero-order valence-corrected chi connectivity index (χ0v) is 20.6. The highest BCUT2D eigenvalue weighted by atomic mass is 16.5. The lowest BCUT2D eigenvalue weighted by Crippen LogP contribution is -2.40.